The Kier molecular flexibility index (Phi) is 3.82. The normalized spacial score (nSPS) is 35.1. The SMILES string of the molecule is CCC1CC(C)CCCC(C)(C)C1. The molecule has 1 rings (SSSR count). The second kappa shape index (κ2) is 4.48. The summed E-state index contributed by atoms with van der Waals surface area (Å²) in [6.45, 7) is 9.69. The highest BCUT2D eigenvalue weighted by Crippen LogP contribution is 2.38. The van der Waals surface area contributed by atoms with Crippen molar-refractivity contribution in [3.8, 4) is 0 Å². The van der Waals surface area contributed by atoms with E-state index in [1.165, 1.54) is 38.5 Å². The molecule has 0 heterocycles. The molecule has 0 heteroatoms. The minimum absolute atomic E-state index is 0.612. The molecule has 2 unspecified atom stereocenters. The second-order valence-electron chi connectivity index (χ2n) is 5.88. The maximum atomic E-state index is 2.45. The van der Waals surface area contributed by atoms with Crippen LogP contribution in [0.15, 0.2) is 0 Å². The van der Waals surface area contributed by atoms with Gasteiger partial charge in [0.25, 0.3) is 0 Å². The summed E-state index contributed by atoms with van der Waals surface area (Å²) < 4.78 is 0. The average molecular weight is 182 g/mol. The zero-order valence-corrected chi connectivity index (χ0v) is 9.90. The minimum atomic E-state index is 0.612. The lowest BCUT2D eigenvalue weighted by atomic mass is 9.72. The zero-order chi connectivity index (χ0) is 9.90. The second-order valence-corrected chi connectivity index (χ2v) is 5.88. The van der Waals surface area contributed by atoms with Gasteiger partial charge in [-0.25, -0.2) is 0 Å². The molecule has 0 spiro atoms. The number of rotatable bonds is 1. The third kappa shape index (κ3) is 3.70. The highest BCUT2D eigenvalue weighted by molar-refractivity contribution is 4.77. The molecule has 1 aliphatic rings. The Morgan fingerprint density at radius 1 is 1.31 bits per heavy atom. The molecule has 1 aliphatic carbocycles. The molecule has 0 nitrogen and oxygen atoms in total. The molecule has 0 aromatic heterocycles. The molecule has 0 amide bonds. The average Bonchev–Trinajstić information content (AvgIpc) is 1.99. The Morgan fingerprint density at radius 2 is 2.00 bits per heavy atom. The van der Waals surface area contributed by atoms with Gasteiger partial charge in [0.2, 0.25) is 0 Å². The lowest BCUT2D eigenvalue weighted by molar-refractivity contribution is 0.182. The first-order valence-corrected chi connectivity index (χ1v) is 6.03. The van der Waals surface area contributed by atoms with Crippen LogP contribution in [0.5, 0.6) is 0 Å². The van der Waals surface area contributed by atoms with E-state index in [-0.39, 0.29) is 0 Å². The fourth-order valence-corrected chi connectivity index (χ4v) is 2.89. The fraction of sp³-hybridized carbons (Fsp3) is 1.00. The molecule has 0 N–H and O–H groups in total. The molecule has 0 aromatic carbocycles. The van der Waals surface area contributed by atoms with Crippen molar-refractivity contribution in [1.29, 1.82) is 0 Å². The van der Waals surface area contributed by atoms with E-state index in [2.05, 4.69) is 27.7 Å². The van der Waals surface area contributed by atoms with E-state index in [9.17, 15) is 0 Å². The largest absolute Gasteiger partial charge is 0.0651 e. The molecule has 78 valence electrons. The van der Waals surface area contributed by atoms with Crippen LogP contribution in [-0.4, -0.2) is 0 Å². The Balaban J connectivity index is 2.53. The molecule has 0 saturated heterocycles. The van der Waals surface area contributed by atoms with Crippen LogP contribution in [0.4, 0.5) is 0 Å². The van der Waals surface area contributed by atoms with E-state index in [0.29, 0.717) is 5.41 Å². The molecule has 1 saturated carbocycles. The summed E-state index contributed by atoms with van der Waals surface area (Å²) >= 11 is 0. The third-order valence-corrected chi connectivity index (χ3v) is 3.70. The quantitative estimate of drug-likeness (QED) is 0.554. The van der Waals surface area contributed by atoms with Gasteiger partial charge >= 0.3 is 0 Å². The van der Waals surface area contributed by atoms with E-state index in [0.717, 1.165) is 11.8 Å². The third-order valence-electron chi connectivity index (χ3n) is 3.70. The van der Waals surface area contributed by atoms with Crippen LogP contribution in [0.3, 0.4) is 0 Å². The molecule has 0 bridgehead atoms. The maximum absolute atomic E-state index is 2.45. The predicted molar refractivity (Wildman–Crippen MR) is 59.8 cm³/mol. The summed E-state index contributed by atoms with van der Waals surface area (Å²) in [5.41, 5.74) is 0.612. The van der Waals surface area contributed by atoms with Crippen molar-refractivity contribution in [3.05, 3.63) is 0 Å². The lowest BCUT2D eigenvalue weighted by Crippen LogP contribution is -2.21. The van der Waals surface area contributed by atoms with Gasteiger partial charge in [-0.3, -0.25) is 0 Å². The molecular formula is C13H26. The standard InChI is InChI=1S/C13H26/c1-5-12-9-11(2)7-6-8-13(3,4)10-12/h11-12H,5-10H2,1-4H3. The maximum Gasteiger partial charge on any atom is -0.0352 e. The molecule has 13 heavy (non-hydrogen) atoms. The smallest absolute Gasteiger partial charge is 0.0352 e. The highest BCUT2D eigenvalue weighted by atomic mass is 14.3. The summed E-state index contributed by atoms with van der Waals surface area (Å²) in [5, 5.41) is 0. The van der Waals surface area contributed by atoms with Crippen LogP contribution in [0.1, 0.15) is 66.2 Å². The molecule has 2 atom stereocenters. The summed E-state index contributed by atoms with van der Waals surface area (Å²) in [4.78, 5) is 0. The molecule has 0 radical (unpaired) electrons. The van der Waals surface area contributed by atoms with Crippen LogP contribution in [0.2, 0.25) is 0 Å². The summed E-state index contributed by atoms with van der Waals surface area (Å²) in [7, 11) is 0. The minimum Gasteiger partial charge on any atom is -0.0651 e. The van der Waals surface area contributed by atoms with Crippen LogP contribution in [0, 0.1) is 17.3 Å². The first-order chi connectivity index (χ1) is 6.03. The van der Waals surface area contributed by atoms with Gasteiger partial charge < -0.3 is 0 Å². The molecular weight excluding hydrogens is 156 g/mol. The lowest BCUT2D eigenvalue weighted by Gasteiger charge is -2.34. The zero-order valence-electron chi connectivity index (χ0n) is 9.90. The predicted octanol–water partition coefficient (Wildman–Crippen LogP) is 4.64. The van der Waals surface area contributed by atoms with E-state index < -0.39 is 0 Å². The van der Waals surface area contributed by atoms with Gasteiger partial charge in [0.15, 0.2) is 0 Å². The number of hydrogen-bond donors (Lipinski definition) is 0. The van der Waals surface area contributed by atoms with Crippen molar-refractivity contribution in [1.82, 2.24) is 0 Å². The van der Waals surface area contributed by atoms with Crippen LogP contribution in [0.25, 0.3) is 0 Å². The van der Waals surface area contributed by atoms with Crippen molar-refractivity contribution >= 4 is 0 Å². The highest BCUT2D eigenvalue weighted by Gasteiger charge is 2.25. The van der Waals surface area contributed by atoms with Crippen LogP contribution < -0.4 is 0 Å². The van der Waals surface area contributed by atoms with Crippen molar-refractivity contribution < 1.29 is 0 Å². The van der Waals surface area contributed by atoms with E-state index in [1.807, 2.05) is 0 Å². The van der Waals surface area contributed by atoms with Crippen LogP contribution in [-0.2, 0) is 0 Å². The van der Waals surface area contributed by atoms with Gasteiger partial charge in [0.1, 0.15) is 0 Å². The first-order valence-electron chi connectivity index (χ1n) is 6.03. The topological polar surface area (TPSA) is 0 Å². The monoisotopic (exact) mass is 182 g/mol. The van der Waals surface area contributed by atoms with Crippen molar-refractivity contribution in [2.75, 3.05) is 0 Å². The Morgan fingerprint density at radius 3 is 2.62 bits per heavy atom. The number of hydrogen-bond acceptors (Lipinski definition) is 0. The van der Waals surface area contributed by atoms with Crippen molar-refractivity contribution in [3.63, 3.8) is 0 Å². The van der Waals surface area contributed by atoms with E-state index in [1.54, 1.807) is 0 Å². The van der Waals surface area contributed by atoms with Gasteiger partial charge in [0, 0.05) is 0 Å². The molecule has 1 fully saturated rings. The van der Waals surface area contributed by atoms with E-state index >= 15 is 0 Å². The first kappa shape index (κ1) is 11.1. The molecule has 0 aliphatic heterocycles. The van der Waals surface area contributed by atoms with Gasteiger partial charge in [-0.15, -0.1) is 0 Å². The van der Waals surface area contributed by atoms with Gasteiger partial charge in [0.05, 0.1) is 0 Å². The Bertz CT molecular complexity index is 146. The van der Waals surface area contributed by atoms with Gasteiger partial charge in [-0.1, -0.05) is 47.0 Å². The summed E-state index contributed by atoms with van der Waals surface area (Å²) in [6.07, 6.45) is 8.65. The summed E-state index contributed by atoms with van der Waals surface area (Å²) in [6, 6.07) is 0. The van der Waals surface area contributed by atoms with Crippen LogP contribution >= 0.6 is 0 Å². The van der Waals surface area contributed by atoms with Crippen molar-refractivity contribution in [2.24, 2.45) is 17.3 Å². The molecule has 0 aromatic rings. The Hall–Kier alpha value is 0. The van der Waals surface area contributed by atoms with Gasteiger partial charge in [-0.05, 0) is 36.5 Å². The Labute approximate surface area is 84.1 Å². The van der Waals surface area contributed by atoms with Gasteiger partial charge in [-0.2, -0.15) is 0 Å². The summed E-state index contributed by atoms with van der Waals surface area (Å²) in [5.74, 6) is 1.96. The van der Waals surface area contributed by atoms with E-state index in [4.69, 9.17) is 0 Å². The fourth-order valence-electron chi connectivity index (χ4n) is 2.89. The van der Waals surface area contributed by atoms with Crippen molar-refractivity contribution in [2.45, 2.75) is 66.2 Å².